The van der Waals surface area contributed by atoms with E-state index in [9.17, 15) is 9.59 Å². The first-order chi connectivity index (χ1) is 13.2. The van der Waals surface area contributed by atoms with E-state index in [0.717, 1.165) is 24.3 Å². The number of benzene rings is 1. The van der Waals surface area contributed by atoms with Gasteiger partial charge >= 0.3 is 0 Å². The Kier molecular flexibility index (Phi) is 3.49. The highest BCUT2D eigenvalue weighted by atomic mass is 16.2. The van der Waals surface area contributed by atoms with Gasteiger partial charge in [-0.25, -0.2) is 5.10 Å². The van der Waals surface area contributed by atoms with Gasteiger partial charge in [-0.3, -0.25) is 14.0 Å². The minimum atomic E-state index is -0.302. The van der Waals surface area contributed by atoms with Crippen LogP contribution in [0.1, 0.15) is 35.2 Å². The molecule has 1 aliphatic rings. The molecule has 0 bridgehead atoms. The first-order valence-electron chi connectivity index (χ1n) is 8.82. The average molecular weight is 360 g/mol. The van der Waals surface area contributed by atoms with Crippen molar-refractivity contribution in [1.82, 2.24) is 29.7 Å². The summed E-state index contributed by atoms with van der Waals surface area (Å²) in [4.78, 5) is 27.1. The fourth-order valence-corrected chi connectivity index (χ4v) is 3.78. The smallest absolute Gasteiger partial charge is 0.275 e. The van der Waals surface area contributed by atoms with Crippen molar-refractivity contribution < 1.29 is 4.79 Å². The number of nitrogens with zero attached hydrogens (tertiary/aromatic N) is 5. The lowest BCUT2D eigenvalue weighted by atomic mass is 10.1. The van der Waals surface area contributed by atoms with Gasteiger partial charge < -0.3 is 4.90 Å². The first kappa shape index (κ1) is 15.7. The van der Waals surface area contributed by atoms with Gasteiger partial charge in [0.25, 0.3) is 11.5 Å². The van der Waals surface area contributed by atoms with Crippen LogP contribution in [0.15, 0.2) is 53.5 Å². The van der Waals surface area contributed by atoms with Crippen LogP contribution in [-0.4, -0.2) is 42.1 Å². The number of likely N-dealkylation sites (tertiary alicyclic amines) is 1. The van der Waals surface area contributed by atoms with Crippen LogP contribution in [0, 0.1) is 0 Å². The summed E-state index contributed by atoms with van der Waals surface area (Å²) in [6.07, 6.45) is 3.58. The highest BCUT2D eigenvalue weighted by molar-refractivity contribution is 6.04. The van der Waals surface area contributed by atoms with Crippen LogP contribution < -0.4 is 5.56 Å². The number of rotatable bonds is 2. The highest BCUT2D eigenvalue weighted by Crippen LogP contribution is 2.32. The third kappa shape index (κ3) is 2.41. The second-order valence-corrected chi connectivity index (χ2v) is 6.59. The molecule has 1 N–H and O–H groups in total. The molecule has 8 heteroatoms. The minimum absolute atomic E-state index is 0.178. The lowest BCUT2D eigenvalue weighted by Gasteiger charge is -2.23. The number of amides is 1. The van der Waals surface area contributed by atoms with Crippen LogP contribution in [0.3, 0.4) is 0 Å². The van der Waals surface area contributed by atoms with Gasteiger partial charge in [-0.1, -0.05) is 24.3 Å². The maximum absolute atomic E-state index is 13.3. The number of aromatic amines is 1. The van der Waals surface area contributed by atoms with Gasteiger partial charge in [0, 0.05) is 18.1 Å². The molecular formula is C19H16N6O2. The summed E-state index contributed by atoms with van der Waals surface area (Å²) in [7, 11) is 0. The van der Waals surface area contributed by atoms with Gasteiger partial charge in [-0.2, -0.15) is 5.10 Å². The standard InChI is InChI=1S/C19H16N6O2/c26-18-13-7-2-1-6-12(13)16(21-23-18)19(27)24-11-5-8-14(24)17-22-20-15-9-3-4-10-25(15)17/h1-4,6-7,9-10,14H,5,8,11H2,(H,23,26). The Bertz CT molecular complexity index is 1230. The molecular weight excluding hydrogens is 344 g/mol. The van der Waals surface area contributed by atoms with Gasteiger partial charge in [-0.05, 0) is 31.0 Å². The average Bonchev–Trinajstić information content (AvgIpc) is 3.34. The summed E-state index contributed by atoms with van der Waals surface area (Å²) in [6.45, 7) is 0.611. The Balaban J connectivity index is 1.59. The zero-order valence-corrected chi connectivity index (χ0v) is 14.4. The monoisotopic (exact) mass is 360 g/mol. The van der Waals surface area contributed by atoms with Gasteiger partial charge in [0.1, 0.15) is 0 Å². The normalized spacial score (nSPS) is 17.0. The van der Waals surface area contributed by atoms with E-state index in [1.165, 1.54) is 0 Å². The van der Waals surface area contributed by atoms with Crippen LogP contribution in [0.25, 0.3) is 16.4 Å². The summed E-state index contributed by atoms with van der Waals surface area (Å²) < 4.78 is 1.91. The van der Waals surface area contributed by atoms with E-state index in [2.05, 4.69) is 20.4 Å². The molecule has 0 aliphatic carbocycles. The van der Waals surface area contributed by atoms with E-state index in [-0.39, 0.29) is 23.2 Å². The van der Waals surface area contributed by atoms with Crippen molar-refractivity contribution in [1.29, 1.82) is 0 Å². The quantitative estimate of drug-likeness (QED) is 0.589. The predicted molar refractivity (Wildman–Crippen MR) is 98.4 cm³/mol. The van der Waals surface area contributed by atoms with Crippen molar-refractivity contribution in [3.05, 3.63) is 70.5 Å². The number of carbonyl (C=O) groups is 1. The van der Waals surface area contributed by atoms with Crippen molar-refractivity contribution in [2.45, 2.75) is 18.9 Å². The topological polar surface area (TPSA) is 96.2 Å². The highest BCUT2D eigenvalue weighted by Gasteiger charge is 2.35. The number of aromatic nitrogens is 5. The summed E-state index contributed by atoms with van der Waals surface area (Å²) in [6, 6.07) is 12.5. The molecule has 134 valence electrons. The van der Waals surface area contributed by atoms with Gasteiger partial charge in [0.2, 0.25) is 0 Å². The Hall–Kier alpha value is -3.55. The molecule has 1 atom stereocenters. The zero-order chi connectivity index (χ0) is 18.4. The molecule has 4 aromatic rings. The van der Waals surface area contributed by atoms with Crippen LogP contribution in [-0.2, 0) is 0 Å². The molecule has 1 unspecified atom stereocenters. The SMILES string of the molecule is O=C(c1n[nH]c(=O)c2ccccc12)N1CCCC1c1nnc2ccccn12. The number of carbonyl (C=O) groups excluding carboxylic acids is 1. The van der Waals surface area contributed by atoms with E-state index in [1.807, 2.05) is 28.8 Å². The molecule has 5 rings (SSSR count). The van der Waals surface area contributed by atoms with Gasteiger partial charge in [0.15, 0.2) is 17.2 Å². The molecule has 1 aromatic carbocycles. The second-order valence-electron chi connectivity index (χ2n) is 6.59. The molecule has 0 radical (unpaired) electrons. The van der Waals surface area contributed by atoms with E-state index < -0.39 is 0 Å². The number of hydrogen-bond donors (Lipinski definition) is 1. The maximum Gasteiger partial charge on any atom is 0.275 e. The van der Waals surface area contributed by atoms with Crippen molar-refractivity contribution in [3.63, 3.8) is 0 Å². The van der Waals surface area contributed by atoms with Crippen molar-refractivity contribution in [3.8, 4) is 0 Å². The van der Waals surface area contributed by atoms with E-state index in [1.54, 1.807) is 29.2 Å². The van der Waals surface area contributed by atoms with Crippen molar-refractivity contribution in [2.24, 2.45) is 0 Å². The van der Waals surface area contributed by atoms with Gasteiger partial charge in [-0.15, -0.1) is 10.2 Å². The number of H-pyrrole nitrogens is 1. The molecule has 1 saturated heterocycles. The molecule has 3 aromatic heterocycles. The summed E-state index contributed by atoms with van der Waals surface area (Å²) >= 11 is 0. The van der Waals surface area contributed by atoms with Crippen molar-refractivity contribution in [2.75, 3.05) is 6.54 Å². The summed E-state index contributed by atoms with van der Waals surface area (Å²) in [5.74, 6) is 0.530. The predicted octanol–water partition coefficient (Wildman–Crippen LogP) is 1.94. The Morgan fingerprint density at radius 1 is 1.07 bits per heavy atom. The molecule has 1 aliphatic heterocycles. The van der Waals surface area contributed by atoms with E-state index >= 15 is 0 Å². The number of nitrogens with one attached hydrogen (secondary N) is 1. The second kappa shape index (κ2) is 6.01. The molecule has 0 spiro atoms. The van der Waals surface area contributed by atoms with Crippen LogP contribution in [0.5, 0.6) is 0 Å². The van der Waals surface area contributed by atoms with E-state index in [4.69, 9.17) is 0 Å². The number of fused-ring (bicyclic) bond motifs is 2. The maximum atomic E-state index is 13.3. The first-order valence-corrected chi connectivity index (χ1v) is 8.82. The minimum Gasteiger partial charge on any atom is -0.327 e. The van der Waals surface area contributed by atoms with Crippen molar-refractivity contribution >= 4 is 22.3 Å². The Labute approximate surface area is 153 Å². The van der Waals surface area contributed by atoms with Gasteiger partial charge in [0.05, 0.1) is 11.4 Å². The molecule has 1 amide bonds. The number of pyridine rings is 1. The van der Waals surface area contributed by atoms with Crippen LogP contribution in [0.4, 0.5) is 0 Å². The largest absolute Gasteiger partial charge is 0.327 e. The van der Waals surface area contributed by atoms with Crippen LogP contribution in [0.2, 0.25) is 0 Å². The Morgan fingerprint density at radius 2 is 1.89 bits per heavy atom. The lowest BCUT2D eigenvalue weighted by molar-refractivity contribution is 0.0724. The molecule has 1 fully saturated rings. The fraction of sp³-hybridized carbons (Fsp3) is 0.211. The van der Waals surface area contributed by atoms with Crippen LogP contribution >= 0.6 is 0 Å². The third-order valence-corrected chi connectivity index (χ3v) is 5.05. The molecule has 0 saturated carbocycles. The molecule has 27 heavy (non-hydrogen) atoms. The number of hydrogen-bond acceptors (Lipinski definition) is 5. The Morgan fingerprint density at radius 3 is 2.78 bits per heavy atom. The molecule has 8 nitrogen and oxygen atoms in total. The molecule has 4 heterocycles. The zero-order valence-electron chi connectivity index (χ0n) is 14.4. The summed E-state index contributed by atoms with van der Waals surface area (Å²) in [5, 5.41) is 16.0. The lowest BCUT2D eigenvalue weighted by Crippen LogP contribution is -2.33. The van der Waals surface area contributed by atoms with E-state index in [0.29, 0.717) is 17.3 Å². The fourth-order valence-electron chi connectivity index (χ4n) is 3.78. The third-order valence-electron chi connectivity index (χ3n) is 5.05. The summed E-state index contributed by atoms with van der Waals surface area (Å²) in [5.41, 5.74) is 0.703.